The standard InChI is InChI=1S/C27H31F3N4O5/c1-19(2)17-39-25(35)32-12-10-31(11-13-32)18-26(36,27(28,29)30)23-16-33(15-20-6-4-3-5-7-20)24-14-21(34(37)38)8-9-22(23)24/h3-9,14,16,19,36H,10-13,15,17-18H2,1-2H3. The zero-order chi connectivity index (χ0) is 28.4. The van der Waals surface area contributed by atoms with Crippen LogP contribution in [0.5, 0.6) is 0 Å². The van der Waals surface area contributed by atoms with E-state index in [1.165, 1.54) is 32.7 Å². The number of non-ortho nitro benzene ring substituents is 1. The summed E-state index contributed by atoms with van der Waals surface area (Å²) < 4.78 is 50.6. The number of nitro benzene ring substituents is 1. The molecule has 0 spiro atoms. The van der Waals surface area contributed by atoms with Crippen molar-refractivity contribution in [2.75, 3.05) is 39.3 Å². The zero-order valence-corrected chi connectivity index (χ0v) is 21.7. The molecule has 12 heteroatoms. The molecule has 0 saturated carbocycles. The Hall–Kier alpha value is -3.64. The van der Waals surface area contributed by atoms with Gasteiger partial charge in [0.05, 0.1) is 17.0 Å². The lowest BCUT2D eigenvalue weighted by Crippen LogP contribution is -2.56. The molecule has 2 aromatic carbocycles. The predicted octanol–water partition coefficient (Wildman–Crippen LogP) is 4.76. The summed E-state index contributed by atoms with van der Waals surface area (Å²) in [6.07, 6.45) is -4.33. The van der Waals surface area contributed by atoms with Crippen LogP contribution >= 0.6 is 0 Å². The van der Waals surface area contributed by atoms with Gasteiger partial charge in [0.15, 0.2) is 0 Å². The number of piperazine rings is 1. The number of alkyl halides is 3. The molecule has 1 atom stereocenters. The maximum Gasteiger partial charge on any atom is 0.422 e. The van der Waals surface area contributed by atoms with E-state index < -0.39 is 29.3 Å². The molecule has 9 nitrogen and oxygen atoms in total. The van der Waals surface area contributed by atoms with Gasteiger partial charge in [0.2, 0.25) is 5.60 Å². The minimum atomic E-state index is -5.05. The molecule has 0 bridgehead atoms. The van der Waals surface area contributed by atoms with E-state index in [0.717, 1.165) is 11.6 Å². The number of halogens is 3. The molecule has 4 rings (SSSR count). The summed E-state index contributed by atoms with van der Waals surface area (Å²) in [4.78, 5) is 26.0. The molecule has 1 amide bonds. The molecule has 1 aromatic heterocycles. The summed E-state index contributed by atoms with van der Waals surface area (Å²) in [7, 11) is 0. The van der Waals surface area contributed by atoms with E-state index in [9.17, 15) is 33.2 Å². The van der Waals surface area contributed by atoms with Crippen molar-refractivity contribution in [1.29, 1.82) is 0 Å². The van der Waals surface area contributed by atoms with Gasteiger partial charge in [-0.3, -0.25) is 15.0 Å². The van der Waals surface area contributed by atoms with Crippen LogP contribution in [0.1, 0.15) is 25.0 Å². The number of aromatic nitrogens is 1. The van der Waals surface area contributed by atoms with Crippen LogP contribution in [-0.2, 0) is 16.9 Å². The fourth-order valence-electron chi connectivity index (χ4n) is 4.70. The predicted molar refractivity (Wildman–Crippen MR) is 138 cm³/mol. The first-order chi connectivity index (χ1) is 18.4. The molecular weight excluding hydrogens is 517 g/mol. The van der Waals surface area contributed by atoms with E-state index in [4.69, 9.17) is 4.74 Å². The Morgan fingerprint density at radius 1 is 1.10 bits per heavy atom. The third-order valence-corrected chi connectivity index (χ3v) is 6.81. The van der Waals surface area contributed by atoms with Crippen molar-refractivity contribution in [2.24, 2.45) is 5.92 Å². The van der Waals surface area contributed by atoms with E-state index in [0.29, 0.717) is 0 Å². The molecule has 3 aromatic rings. The van der Waals surface area contributed by atoms with Crippen molar-refractivity contribution in [3.05, 3.63) is 76.0 Å². The summed E-state index contributed by atoms with van der Waals surface area (Å²) >= 11 is 0. The molecule has 1 aliphatic heterocycles. The first kappa shape index (κ1) is 28.4. The average molecular weight is 549 g/mol. The fourth-order valence-corrected chi connectivity index (χ4v) is 4.70. The number of carbonyl (C=O) groups is 1. The third-order valence-electron chi connectivity index (χ3n) is 6.81. The summed E-state index contributed by atoms with van der Waals surface area (Å²) in [5.41, 5.74) is -2.91. The van der Waals surface area contributed by atoms with Gasteiger partial charge < -0.3 is 19.3 Å². The Balaban J connectivity index is 1.65. The first-order valence-electron chi connectivity index (χ1n) is 12.6. The van der Waals surface area contributed by atoms with Crippen LogP contribution in [0.2, 0.25) is 0 Å². The second-order valence-electron chi connectivity index (χ2n) is 10.2. The lowest BCUT2D eigenvalue weighted by molar-refractivity contribution is -0.384. The Bertz CT molecular complexity index is 1320. The zero-order valence-electron chi connectivity index (χ0n) is 21.7. The average Bonchev–Trinajstić information content (AvgIpc) is 3.25. The van der Waals surface area contributed by atoms with Gasteiger partial charge in [-0.25, -0.2) is 4.79 Å². The molecule has 0 aliphatic carbocycles. The van der Waals surface area contributed by atoms with Crippen LogP contribution in [0.25, 0.3) is 10.9 Å². The first-order valence-corrected chi connectivity index (χ1v) is 12.6. The van der Waals surface area contributed by atoms with Gasteiger partial charge in [-0.1, -0.05) is 44.2 Å². The maximum absolute atomic E-state index is 14.6. The van der Waals surface area contributed by atoms with Crippen molar-refractivity contribution in [3.8, 4) is 0 Å². The Morgan fingerprint density at radius 2 is 1.77 bits per heavy atom. The van der Waals surface area contributed by atoms with Crippen LogP contribution in [0, 0.1) is 16.0 Å². The molecule has 1 fully saturated rings. The topological polar surface area (TPSA) is 101 Å². The Kier molecular flexibility index (Phi) is 8.17. The summed E-state index contributed by atoms with van der Waals surface area (Å²) in [6.45, 7) is 4.00. The fraction of sp³-hybridized carbons (Fsp3) is 0.444. The molecule has 1 unspecified atom stereocenters. The van der Waals surface area contributed by atoms with E-state index in [2.05, 4.69) is 0 Å². The number of amides is 1. The highest BCUT2D eigenvalue weighted by atomic mass is 19.4. The molecule has 2 heterocycles. The number of fused-ring (bicyclic) bond motifs is 1. The van der Waals surface area contributed by atoms with E-state index in [-0.39, 0.29) is 67.4 Å². The van der Waals surface area contributed by atoms with Gasteiger partial charge in [-0.05, 0) is 17.5 Å². The van der Waals surface area contributed by atoms with Gasteiger partial charge >= 0.3 is 12.3 Å². The minimum absolute atomic E-state index is 0.0762. The number of aliphatic hydroxyl groups is 1. The van der Waals surface area contributed by atoms with Crippen molar-refractivity contribution in [3.63, 3.8) is 0 Å². The second-order valence-corrected chi connectivity index (χ2v) is 10.2. The lowest BCUT2D eigenvalue weighted by Gasteiger charge is -2.39. The van der Waals surface area contributed by atoms with Crippen molar-refractivity contribution < 1.29 is 32.7 Å². The van der Waals surface area contributed by atoms with Gasteiger partial charge in [0, 0.05) is 68.5 Å². The van der Waals surface area contributed by atoms with Crippen LogP contribution in [0.15, 0.2) is 54.7 Å². The van der Waals surface area contributed by atoms with Crippen molar-refractivity contribution >= 4 is 22.7 Å². The molecule has 1 N–H and O–H groups in total. The van der Waals surface area contributed by atoms with Crippen molar-refractivity contribution in [2.45, 2.75) is 32.2 Å². The number of hydrogen-bond donors (Lipinski definition) is 1. The molecular formula is C27H31F3N4O5. The Morgan fingerprint density at radius 3 is 2.36 bits per heavy atom. The van der Waals surface area contributed by atoms with Gasteiger partial charge in [0.1, 0.15) is 0 Å². The van der Waals surface area contributed by atoms with Gasteiger partial charge in [0.25, 0.3) is 5.69 Å². The summed E-state index contributed by atoms with van der Waals surface area (Å²) in [5, 5.41) is 22.8. The van der Waals surface area contributed by atoms with E-state index in [1.807, 2.05) is 13.8 Å². The highest BCUT2D eigenvalue weighted by Crippen LogP contribution is 2.44. The lowest BCUT2D eigenvalue weighted by atomic mass is 9.91. The largest absolute Gasteiger partial charge is 0.449 e. The number of β-amino-alcohol motifs (C(OH)–C–C–N with tert-alkyl or cyclic N) is 1. The summed E-state index contributed by atoms with van der Waals surface area (Å²) in [5.74, 6) is 0.155. The second kappa shape index (κ2) is 11.2. The monoisotopic (exact) mass is 548 g/mol. The quantitative estimate of drug-likeness (QED) is 0.322. The molecule has 0 radical (unpaired) electrons. The SMILES string of the molecule is CC(C)COC(=O)N1CCN(CC(O)(c2cn(Cc3ccccc3)c3cc([N+](=O)[O-])ccc23)C(F)(F)F)CC1. The van der Waals surface area contributed by atoms with Crippen LogP contribution in [0.4, 0.5) is 23.7 Å². The van der Waals surface area contributed by atoms with Crippen LogP contribution < -0.4 is 0 Å². The van der Waals surface area contributed by atoms with E-state index in [1.54, 1.807) is 30.3 Å². The number of nitrogens with zero attached hydrogens (tertiary/aromatic N) is 4. The van der Waals surface area contributed by atoms with Gasteiger partial charge in [-0.15, -0.1) is 0 Å². The third kappa shape index (κ3) is 6.17. The minimum Gasteiger partial charge on any atom is -0.449 e. The molecule has 39 heavy (non-hydrogen) atoms. The highest BCUT2D eigenvalue weighted by Gasteiger charge is 2.57. The number of nitro groups is 1. The van der Waals surface area contributed by atoms with E-state index >= 15 is 0 Å². The smallest absolute Gasteiger partial charge is 0.422 e. The number of hydrogen-bond acceptors (Lipinski definition) is 6. The summed E-state index contributed by atoms with van der Waals surface area (Å²) in [6, 6.07) is 12.6. The molecule has 1 aliphatic rings. The maximum atomic E-state index is 14.6. The number of rotatable bonds is 8. The number of benzene rings is 2. The van der Waals surface area contributed by atoms with Crippen molar-refractivity contribution in [1.82, 2.24) is 14.4 Å². The Labute approximate surface area is 223 Å². The normalized spacial score (nSPS) is 16.4. The van der Waals surface area contributed by atoms with Gasteiger partial charge in [-0.2, -0.15) is 13.2 Å². The highest BCUT2D eigenvalue weighted by molar-refractivity contribution is 5.87. The van der Waals surface area contributed by atoms with Crippen LogP contribution in [-0.4, -0.2) is 76.0 Å². The van der Waals surface area contributed by atoms with Crippen LogP contribution in [0.3, 0.4) is 0 Å². The number of carbonyl (C=O) groups excluding carboxylic acids is 1. The number of ether oxygens (including phenoxy) is 1. The molecule has 210 valence electrons. The molecule has 1 saturated heterocycles.